The molecule has 5 heteroatoms. The highest BCUT2D eigenvalue weighted by Gasteiger charge is 2.08. The second-order valence-corrected chi connectivity index (χ2v) is 4.61. The summed E-state index contributed by atoms with van der Waals surface area (Å²) in [5.41, 5.74) is 3.16. The van der Waals surface area contributed by atoms with E-state index in [-0.39, 0.29) is 0 Å². The van der Waals surface area contributed by atoms with Crippen LogP contribution in [0, 0.1) is 13.8 Å². The predicted molar refractivity (Wildman–Crippen MR) is 73.2 cm³/mol. The Morgan fingerprint density at radius 2 is 2.11 bits per heavy atom. The van der Waals surface area contributed by atoms with E-state index in [1.807, 2.05) is 24.5 Å². The summed E-state index contributed by atoms with van der Waals surface area (Å²) in [6.07, 6.45) is 3.48. The van der Waals surface area contributed by atoms with Crippen molar-refractivity contribution in [3.8, 4) is 5.82 Å². The Morgan fingerprint density at radius 1 is 1.33 bits per heavy atom. The number of aryl methyl sites for hydroxylation is 1. The molecule has 2 rings (SSSR count). The van der Waals surface area contributed by atoms with Crippen molar-refractivity contribution in [2.45, 2.75) is 27.3 Å². The van der Waals surface area contributed by atoms with Crippen molar-refractivity contribution in [1.82, 2.24) is 19.9 Å². The fourth-order valence-electron chi connectivity index (χ4n) is 1.72. The van der Waals surface area contributed by atoms with Crippen molar-refractivity contribution in [1.29, 1.82) is 0 Å². The molecule has 1 N–H and O–H groups in total. The Labute approximate surface area is 112 Å². The molecule has 2 aromatic heterocycles. The highest BCUT2D eigenvalue weighted by Crippen LogP contribution is 2.19. The standard InChI is InChI=1S/C13H17ClN4/c1-4-15-6-11-5-13(16-7-12(11)14)18-8-17-9(2)10(18)3/h5,7-8,15H,4,6H2,1-3H3. The summed E-state index contributed by atoms with van der Waals surface area (Å²) in [4.78, 5) is 8.64. The zero-order chi connectivity index (χ0) is 13.1. The molecule has 0 unspecified atom stereocenters. The number of halogens is 1. The highest BCUT2D eigenvalue weighted by molar-refractivity contribution is 6.31. The fraction of sp³-hybridized carbons (Fsp3) is 0.385. The molecule has 0 spiro atoms. The molecule has 0 amide bonds. The molecule has 96 valence electrons. The molecule has 0 aromatic carbocycles. The normalized spacial score (nSPS) is 10.9. The minimum atomic E-state index is 0.689. The van der Waals surface area contributed by atoms with Gasteiger partial charge in [0.1, 0.15) is 12.1 Å². The van der Waals surface area contributed by atoms with Crippen LogP contribution in [0.25, 0.3) is 5.82 Å². The van der Waals surface area contributed by atoms with Gasteiger partial charge in [0.05, 0.1) is 10.7 Å². The van der Waals surface area contributed by atoms with Gasteiger partial charge in [-0.1, -0.05) is 18.5 Å². The van der Waals surface area contributed by atoms with Crippen molar-refractivity contribution in [3.05, 3.63) is 40.6 Å². The Balaban J connectivity index is 2.37. The summed E-state index contributed by atoms with van der Waals surface area (Å²) < 4.78 is 1.97. The number of pyridine rings is 1. The van der Waals surface area contributed by atoms with Gasteiger partial charge in [-0.3, -0.25) is 4.57 Å². The third-order valence-corrected chi connectivity index (χ3v) is 3.32. The number of hydrogen-bond donors (Lipinski definition) is 1. The Hall–Kier alpha value is -1.39. The second-order valence-electron chi connectivity index (χ2n) is 4.20. The Kier molecular flexibility index (Phi) is 3.99. The number of nitrogens with zero attached hydrogens (tertiary/aromatic N) is 3. The fourth-order valence-corrected chi connectivity index (χ4v) is 1.89. The summed E-state index contributed by atoms with van der Waals surface area (Å²) in [6, 6.07) is 2.00. The first kappa shape index (κ1) is 13.1. The maximum Gasteiger partial charge on any atom is 0.138 e. The van der Waals surface area contributed by atoms with Gasteiger partial charge in [0, 0.05) is 18.4 Å². The number of rotatable bonds is 4. The molecule has 0 fully saturated rings. The lowest BCUT2D eigenvalue weighted by Gasteiger charge is -2.09. The van der Waals surface area contributed by atoms with E-state index >= 15 is 0 Å². The van der Waals surface area contributed by atoms with Crippen LogP contribution >= 0.6 is 11.6 Å². The molecule has 0 radical (unpaired) electrons. The average molecular weight is 265 g/mol. The summed E-state index contributed by atoms with van der Waals surface area (Å²) >= 11 is 6.14. The lowest BCUT2D eigenvalue weighted by Crippen LogP contribution is -2.13. The van der Waals surface area contributed by atoms with Crippen molar-refractivity contribution in [2.24, 2.45) is 0 Å². The van der Waals surface area contributed by atoms with Crippen molar-refractivity contribution in [3.63, 3.8) is 0 Å². The lowest BCUT2D eigenvalue weighted by molar-refractivity contribution is 0.724. The third kappa shape index (κ3) is 2.54. The van der Waals surface area contributed by atoms with E-state index in [1.54, 1.807) is 12.5 Å². The Morgan fingerprint density at radius 3 is 2.72 bits per heavy atom. The SMILES string of the molecule is CCNCc1cc(-n2cnc(C)c2C)ncc1Cl. The molecule has 0 saturated carbocycles. The van der Waals surface area contributed by atoms with Crippen LogP contribution in [-0.2, 0) is 6.54 Å². The maximum absolute atomic E-state index is 6.14. The van der Waals surface area contributed by atoms with Gasteiger partial charge in [0.2, 0.25) is 0 Å². The van der Waals surface area contributed by atoms with Crippen LogP contribution in [0.4, 0.5) is 0 Å². The monoisotopic (exact) mass is 264 g/mol. The van der Waals surface area contributed by atoms with Crippen LogP contribution in [0.15, 0.2) is 18.6 Å². The van der Waals surface area contributed by atoms with Gasteiger partial charge >= 0.3 is 0 Å². The van der Waals surface area contributed by atoms with Gasteiger partial charge in [0.15, 0.2) is 0 Å². The number of nitrogens with one attached hydrogen (secondary N) is 1. The minimum Gasteiger partial charge on any atom is -0.313 e. The molecule has 4 nitrogen and oxygen atoms in total. The molecule has 0 aliphatic rings. The van der Waals surface area contributed by atoms with Gasteiger partial charge in [-0.25, -0.2) is 9.97 Å². The zero-order valence-electron chi connectivity index (χ0n) is 10.9. The van der Waals surface area contributed by atoms with Gasteiger partial charge < -0.3 is 5.32 Å². The highest BCUT2D eigenvalue weighted by atomic mass is 35.5. The van der Waals surface area contributed by atoms with Gasteiger partial charge in [-0.05, 0) is 32.0 Å². The van der Waals surface area contributed by atoms with Gasteiger partial charge in [0.25, 0.3) is 0 Å². The van der Waals surface area contributed by atoms with Crippen LogP contribution in [0.2, 0.25) is 5.02 Å². The smallest absolute Gasteiger partial charge is 0.138 e. The van der Waals surface area contributed by atoms with Crippen LogP contribution < -0.4 is 5.32 Å². The quantitative estimate of drug-likeness (QED) is 0.923. The molecular formula is C13H17ClN4. The lowest BCUT2D eigenvalue weighted by atomic mass is 10.2. The van der Waals surface area contributed by atoms with Crippen LogP contribution in [-0.4, -0.2) is 21.1 Å². The first-order valence-electron chi connectivity index (χ1n) is 5.99. The molecular weight excluding hydrogens is 248 g/mol. The number of hydrogen-bond acceptors (Lipinski definition) is 3. The summed E-state index contributed by atoms with van der Waals surface area (Å²) in [5.74, 6) is 0.852. The molecule has 2 heterocycles. The van der Waals surface area contributed by atoms with Gasteiger partial charge in [-0.15, -0.1) is 0 Å². The van der Waals surface area contributed by atoms with Crippen LogP contribution in [0.1, 0.15) is 23.9 Å². The second kappa shape index (κ2) is 5.50. The molecule has 18 heavy (non-hydrogen) atoms. The largest absolute Gasteiger partial charge is 0.313 e. The first-order chi connectivity index (χ1) is 8.63. The van der Waals surface area contributed by atoms with Gasteiger partial charge in [-0.2, -0.15) is 0 Å². The summed E-state index contributed by atoms with van der Waals surface area (Å²) in [5, 5.41) is 3.96. The Bertz CT molecular complexity index is 548. The maximum atomic E-state index is 6.14. The van der Waals surface area contributed by atoms with Crippen LogP contribution in [0.5, 0.6) is 0 Å². The molecule has 0 saturated heterocycles. The van der Waals surface area contributed by atoms with E-state index in [0.29, 0.717) is 5.02 Å². The van der Waals surface area contributed by atoms with Crippen molar-refractivity contribution in [2.75, 3.05) is 6.54 Å². The first-order valence-corrected chi connectivity index (χ1v) is 6.37. The topological polar surface area (TPSA) is 42.7 Å². The van der Waals surface area contributed by atoms with Crippen molar-refractivity contribution < 1.29 is 0 Å². The zero-order valence-corrected chi connectivity index (χ0v) is 11.6. The van der Waals surface area contributed by atoms with E-state index in [4.69, 9.17) is 11.6 Å². The summed E-state index contributed by atoms with van der Waals surface area (Å²) in [7, 11) is 0. The average Bonchev–Trinajstić information content (AvgIpc) is 2.69. The number of aromatic nitrogens is 3. The molecule has 0 aliphatic heterocycles. The summed E-state index contributed by atoms with van der Waals surface area (Å²) in [6.45, 7) is 7.75. The van der Waals surface area contributed by atoms with E-state index < -0.39 is 0 Å². The minimum absolute atomic E-state index is 0.689. The van der Waals surface area contributed by atoms with E-state index in [0.717, 1.165) is 35.9 Å². The molecule has 2 aromatic rings. The third-order valence-electron chi connectivity index (χ3n) is 2.98. The van der Waals surface area contributed by atoms with E-state index in [9.17, 15) is 0 Å². The van der Waals surface area contributed by atoms with E-state index in [2.05, 4.69) is 22.2 Å². The van der Waals surface area contributed by atoms with Crippen molar-refractivity contribution >= 4 is 11.6 Å². The number of imidazole rings is 1. The van der Waals surface area contributed by atoms with Crippen LogP contribution in [0.3, 0.4) is 0 Å². The molecule has 0 atom stereocenters. The van der Waals surface area contributed by atoms with E-state index in [1.165, 1.54) is 0 Å². The molecule has 0 bridgehead atoms. The predicted octanol–water partition coefficient (Wildman–Crippen LogP) is 2.65. The molecule has 0 aliphatic carbocycles.